The smallest absolute Gasteiger partial charge is 0.321 e. The van der Waals surface area contributed by atoms with Crippen LogP contribution in [0, 0.1) is 6.92 Å². The Morgan fingerprint density at radius 2 is 2.00 bits per heavy atom. The highest BCUT2D eigenvalue weighted by atomic mass is 16.2. The third-order valence-electron chi connectivity index (χ3n) is 3.71. The second-order valence-electron chi connectivity index (χ2n) is 5.20. The molecule has 98 valence electrons. The predicted octanol–water partition coefficient (Wildman–Crippen LogP) is 3.79. The van der Waals surface area contributed by atoms with Crippen molar-refractivity contribution in [3.05, 3.63) is 29.8 Å². The standard InChI is InChI=1S/C15H22N2O/c1-12-7-6-8-13(11-12)16-15(18)17(2)14-9-4-3-5-10-14/h6-8,11,14H,3-5,9-10H2,1-2H3,(H,16,18). The average molecular weight is 246 g/mol. The van der Waals surface area contributed by atoms with Crippen molar-refractivity contribution in [2.45, 2.75) is 45.1 Å². The zero-order chi connectivity index (χ0) is 13.0. The molecule has 1 aliphatic rings. The Labute approximate surface area is 109 Å². The van der Waals surface area contributed by atoms with E-state index in [9.17, 15) is 4.79 Å². The number of anilines is 1. The van der Waals surface area contributed by atoms with E-state index in [1.807, 2.05) is 43.1 Å². The second kappa shape index (κ2) is 5.89. The number of hydrogen-bond donors (Lipinski definition) is 1. The molecule has 1 fully saturated rings. The van der Waals surface area contributed by atoms with Gasteiger partial charge in [0.25, 0.3) is 0 Å². The number of rotatable bonds is 2. The molecule has 1 N–H and O–H groups in total. The molecule has 1 aliphatic carbocycles. The average Bonchev–Trinajstić information content (AvgIpc) is 2.39. The Bertz CT molecular complexity index is 411. The highest BCUT2D eigenvalue weighted by Crippen LogP contribution is 2.22. The van der Waals surface area contributed by atoms with Crippen LogP contribution in [0.4, 0.5) is 10.5 Å². The Kier molecular flexibility index (Phi) is 4.24. The maximum atomic E-state index is 12.1. The highest BCUT2D eigenvalue weighted by molar-refractivity contribution is 5.89. The number of amides is 2. The molecule has 0 heterocycles. The van der Waals surface area contributed by atoms with E-state index in [1.54, 1.807) is 0 Å². The molecule has 2 rings (SSSR count). The Morgan fingerprint density at radius 3 is 2.67 bits per heavy atom. The van der Waals surface area contributed by atoms with E-state index < -0.39 is 0 Å². The zero-order valence-electron chi connectivity index (χ0n) is 11.3. The van der Waals surface area contributed by atoms with Crippen LogP contribution >= 0.6 is 0 Å². The van der Waals surface area contributed by atoms with Gasteiger partial charge in [0.1, 0.15) is 0 Å². The molecule has 0 bridgehead atoms. The van der Waals surface area contributed by atoms with Crippen LogP contribution in [0.15, 0.2) is 24.3 Å². The first-order chi connectivity index (χ1) is 8.66. The van der Waals surface area contributed by atoms with Gasteiger partial charge in [-0.1, -0.05) is 31.4 Å². The number of carbonyl (C=O) groups excluding carboxylic acids is 1. The van der Waals surface area contributed by atoms with E-state index >= 15 is 0 Å². The molecule has 0 saturated heterocycles. The van der Waals surface area contributed by atoms with Crippen LogP contribution in [0.3, 0.4) is 0 Å². The van der Waals surface area contributed by atoms with E-state index in [1.165, 1.54) is 19.3 Å². The SMILES string of the molecule is Cc1cccc(NC(=O)N(C)C2CCCCC2)c1. The number of benzene rings is 1. The number of carbonyl (C=O) groups is 1. The van der Waals surface area contributed by atoms with E-state index in [2.05, 4.69) is 5.32 Å². The molecule has 0 aliphatic heterocycles. The summed E-state index contributed by atoms with van der Waals surface area (Å²) in [5, 5.41) is 2.97. The molecule has 0 spiro atoms. The maximum absolute atomic E-state index is 12.1. The van der Waals surface area contributed by atoms with Gasteiger partial charge >= 0.3 is 6.03 Å². The molecular formula is C15H22N2O. The van der Waals surface area contributed by atoms with E-state index in [0.29, 0.717) is 6.04 Å². The Balaban J connectivity index is 1.94. The second-order valence-corrected chi connectivity index (χ2v) is 5.20. The third kappa shape index (κ3) is 3.25. The normalized spacial score (nSPS) is 16.3. The van der Waals surface area contributed by atoms with Gasteiger partial charge in [0.2, 0.25) is 0 Å². The van der Waals surface area contributed by atoms with E-state index in [-0.39, 0.29) is 6.03 Å². The summed E-state index contributed by atoms with van der Waals surface area (Å²) in [6, 6.07) is 8.33. The lowest BCUT2D eigenvalue weighted by atomic mass is 9.95. The Morgan fingerprint density at radius 1 is 1.28 bits per heavy atom. The van der Waals surface area contributed by atoms with Crippen molar-refractivity contribution in [3.63, 3.8) is 0 Å². The molecule has 0 aromatic heterocycles. The van der Waals surface area contributed by atoms with E-state index in [0.717, 1.165) is 24.1 Å². The van der Waals surface area contributed by atoms with Crippen molar-refractivity contribution in [1.29, 1.82) is 0 Å². The van der Waals surface area contributed by atoms with Gasteiger partial charge < -0.3 is 10.2 Å². The molecule has 0 unspecified atom stereocenters. The number of hydrogen-bond acceptors (Lipinski definition) is 1. The minimum absolute atomic E-state index is 0.00694. The molecule has 1 aromatic carbocycles. The van der Waals surface area contributed by atoms with Gasteiger partial charge in [-0.15, -0.1) is 0 Å². The molecule has 0 radical (unpaired) electrons. The molecule has 18 heavy (non-hydrogen) atoms. The van der Waals surface area contributed by atoms with Crippen LogP contribution in [0.25, 0.3) is 0 Å². The minimum Gasteiger partial charge on any atom is -0.325 e. The number of nitrogens with zero attached hydrogens (tertiary/aromatic N) is 1. The number of aryl methyl sites for hydroxylation is 1. The zero-order valence-corrected chi connectivity index (χ0v) is 11.3. The van der Waals surface area contributed by atoms with E-state index in [4.69, 9.17) is 0 Å². The van der Waals surface area contributed by atoms with Crippen LogP contribution < -0.4 is 5.32 Å². The highest BCUT2D eigenvalue weighted by Gasteiger charge is 2.21. The summed E-state index contributed by atoms with van der Waals surface area (Å²) in [4.78, 5) is 14.0. The van der Waals surface area contributed by atoms with Gasteiger partial charge in [0.05, 0.1) is 0 Å². The summed E-state index contributed by atoms with van der Waals surface area (Å²) in [5.41, 5.74) is 2.04. The molecule has 1 saturated carbocycles. The topological polar surface area (TPSA) is 32.3 Å². The fourth-order valence-corrected chi connectivity index (χ4v) is 2.57. The van der Waals surface area contributed by atoms with Crippen molar-refractivity contribution >= 4 is 11.7 Å². The molecule has 3 heteroatoms. The minimum atomic E-state index is 0.00694. The summed E-state index contributed by atoms with van der Waals surface area (Å²) in [5.74, 6) is 0. The van der Waals surface area contributed by atoms with Crippen LogP contribution in [0.5, 0.6) is 0 Å². The molecule has 2 amide bonds. The van der Waals surface area contributed by atoms with Crippen LogP contribution in [0.2, 0.25) is 0 Å². The van der Waals surface area contributed by atoms with Gasteiger partial charge in [-0.05, 0) is 37.5 Å². The fraction of sp³-hybridized carbons (Fsp3) is 0.533. The van der Waals surface area contributed by atoms with Gasteiger partial charge in [0.15, 0.2) is 0 Å². The summed E-state index contributed by atoms with van der Waals surface area (Å²) in [6.45, 7) is 2.03. The molecule has 3 nitrogen and oxygen atoms in total. The van der Waals surface area contributed by atoms with Crippen molar-refractivity contribution in [2.24, 2.45) is 0 Å². The first kappa shape index (κ1) is 12.9. The molecular weight excluding hydrogens is 224 g/mol. The molecule has 0 atom stereocenters. The first-order valence-electron chi connectivity index (χ1n) is 6.77. The lowest BCUT2D eigenvalue weighted by molar-refractivity contribution is 0.186. The summed E-state index contributed by atoms with van der Waals surface area (Å²) in [6.07, 6.45) is 6.07. The fourth-order valence-electron chi connectivity index (χ4n) is 2.57. The monoisotopic (exact) mass is 246 g/mol. The van der Waals surface area contributed by atoms with Crippen molar-refractivity contribution < 1.29 is 4.79 Å². The van der Waals surface area contributed by atoms with Crippen LogP contribution in [0.1, 0.15) is 37.7 Å². The Hall–Kier alpha value is -1.51. The van der Waals surface area contributed by atoms with Crippen molar-refractivity contribution in [3.8, 4) is 0 Å². The number of urea groups is 1. The quantitative estimate of drug-likeness (QED) is 0.846. The van der Waals surface area contributed by atoms with Gasteiger partial charge in [-0.3, -0.25) is 0 Å². The van der Waals surface area contributed by atoms with Gasteiger partial charge in [-0.2, -0.15) is 0 Å². The predicted molar refractivity (Wildman–Crippen MR) is 74.8 cm³/mol. The largest absolute Gasteiger partial charge is 0.325 e. The molecule has 1 aromatic rings. The summed E-state index contributed by atoms with van der Waals surface area (Å²) >= 11 is 0. The van der Waals surface area contributed by atoms with Gasteiger partial charge in [0, 0.05) is 18.8 Å². The lowest BCUT2D eigenvalue weighted by Gasteiger charge is -2.31. The van der Waals surface area contributed by atoms with Crippen molar-refractivity contribution in [1.82, 2.24) is 4.90 Å². The third-order valence-corrected chi connectivity index (χ3v) is 3.71. The maximum Gasteiger partial charge on any atom is 0.321 e. The van der Waals surface area contributed by atoms with Crippen molar-refractivity contribution in [2.75, 3.05) is 12.4 Å². The van der Waals surface area contributed by atoms with Gasteiger partial charge in [-0.25, -0.2) is 4.79 Å². The lowest BCUT2D eigenvalue weighted by Crippen LogP contribution is -2.40. The summed E-state index contributed by atoms with van der Waals surface area (Å²) in [7, 11) is 1.90. The van der Waals surface area contributed by atoms with Crippen LogP contribution in [-0.4, -0.2) is 24.0 Å². The van der Waals surface area contributed by atoms with Crippen LogP contribution in [-0.2, 0) is 0 Å². The summed E-state index contributed by atoms with van der Waals surface area (Å²) < 4.78 is 0. The first-order valence-corrected chi connectivity index (χ1v) is 6.77. The number of nitrogens with one attached hydrogen (secondary N) is 1.